The summed E-state index contributed by atoms with van der Waals surface area (Å²) in [5, 5.41) is 4.08. The van der Waals surface area contributed by atoms with Crippen molar-refractivity contribution >= 4 is 17.7 Å². The third-order valence-electron chi connectivity index (χ3n) is 4.36. The van der Waals surface area contributed by atoms with Crippen molar-refractivity contribution in [2.75, 3.05) is 5.75 Å². The van der Waals surface area contributed by atoms with Gasteiger partial charge in [0.25, 0.3) is 5.91 Å². The van der Waals surface area contributed by atoms with Gasteiger partial charge in [0.05, 0.1) is 17.9 Å². The van der Waals surface area contributed by atoms with E-state index in [-0.39, 0.29) is 5.91 Å². The van der Waals surface area contributed by atoms with Gasteiger partial charge in [-0.05, 0) is 19.1 Å². The smallest absolute Gasteiger partial charge is 0.251 e. The quantitative estimate of drug-likeness (QED) is 0.777. The van der Waals surface area contributed by atoms with Crippen molar-refractivity contribution in [3.05, 3.63) is 71.4 Å². The van der Waals surface area contributed by atoms with E-state index < -0.39 is 0 Å². The zero-order chi connectivity index (χ0) is 17.2. The molecule has 2 aromatic carbocycles. The first-order valence-electron chi connectivity index (χ1n) is 8.35. The number of aromatic nitrogens is 2. The molecule has 3 aromatic rings. The number of aryl methyl sites for hydroxylation is 1. The number of hydrogen-bond donors (Lipinski definition) is 1. The Morgan fingerprint density at radius 2 is 1.92 bits per heavy atom. The van der Waals surface area contributed by atoms with E-state index in [1.54, 1.807) is 11.8 Å². The summed E-state index contributed by atoms with van der Waals surface area (Å²) < 4.78 is 2.23. The Kier molecular flexibility index (Phi) is 4.32. The number of nitrogens with one attached hydrogen (secondary N) is 1. The number of carbonyl (C=O) groups is 1. The van der Waals surface area contributed by atoms with Gasteiger partial charge < -0.3 is 9.88 Å². The van der Waals surface area contributed by atoms with Gasteiger partial charge in [-0.25, -0.2) is 4.98 Å². The monoisotopic (exact) mass is 349 g/mol. The summed E-state index contributed by atoms with van der Waals surface area (Å²) in [4.78, 5) is 17.2. The molecule has 1 aliphatic heterocycles. The maximum absolute atomic E-state index is 12.4. The van der Waals surface area contributed by atoms with Crippen molar-refractivity contribution in [1.82, 2.24) is 14.9 Å². The van der Waals surface area contributed by atoms with Crippen LogP contribution in [0.2, 0.25) is 0 Å². The van der Waals surface area contributed by atoms with Crippen molar-refractivity contribution in [3.8, 4) is 11.3 Å². The predicted molar refractivity (Wildman–Crippen MR) is 101 cm³/mol. The molecule has 0 unspecified atom stereocenters. The fourth-order valence-electron chi connectivity index (χ4n) is 3.01. The summed E-state index contributed by atoms with van der Waals surface area (Å²) >= 11 is 1.77. The van der Waals surface area contributed by atoms with Crippen molar-refractivity contribution in [2.45, 2.75) is 25.2 Å². The third kappa shape index (κ3) is 3.20. The standard InChI is InChI=1S/C20H19N3OS/c1-14-7-9-15(10-8-14)18-17(23-11-12-25-20(23)22-18)13-21-19(24)16-5-3-2-4-6-16/h2-10H,11-13H2,1H3,(H,21,24). The van der Waals surface area contributed by atoms with E-state index >= 15 is 0 Å². The van der Waals surface area contributed by atoms with Crippen LogP contribution >= 0.6 is 11.8 Å². The summed E-state index contributed by atoms with van der Waals surface area (Å²) in [5.41, 5.74) is 5.04. The average molecular weight is 349 g/mol. The lowest BCUT2D eigenvalue weighted by Crippen LogP contribution is -2.24. The minimum atomic E-state index is -0.0587. The molecular weight excluding hydrogens is 330 g/mol. The molecule has 0 saturated heterocycles. The van der Waals surface area contributed by atoms with Crippen molar-refractivity contribution in [3.63, 3.8) is 0 Å². The predicted octanol–water partition coefficient (Wildman–Crippen LogP) is 3.89. The van der Waals surface area contributed by atoms with Gasteiger partial charge in [-0.15, -0.1) is 0 Å². The second-order valence-corrected chi connectivity index (χ2v) is 7.17. The molecule has 0 bridgehead atoms. The highest BCUT2D eigenvalue weighted by Crippen LogP contribution is 2.33. The van der Waals surface area contributed by atoms with E-state index in [0.29, 0.717) is 12.1 Å². The number of nitrogens with zero attached hydrogens (tertiary/aromatic N) is 2. The zero-order valence-corrected chi connectivity index (χ0v) is 14.8. The highest BCUT2D eigenvalue weighted by molar-refractivity contribution is 7.99. The molecule has 0 radical (unpaired) electrons. The highest BCUT2D eigenvalue weighted by atomic mass is 32.2. The molecule has 4 rings (SSSR count). The first-order valence-corrected chi connectivity index (χ1v) is 9.33. The van der Waals surface area contributed by atoms with Crippen LogP contribution in [0.15, 0.2) is 59.8 Å². The van der Waals surface area contributed by atoms with Crippen molar-refractivity contribution < 1.29 is 4.79 Å². The van der Waals surface area contributed by atoms with Crippen LogP contribution in [-0.2, 0) is 13.1 Å². The van der Waals surface area contributed by atoms with Gasteiger partial charge in [0.2, 0.25) is 0 Å². The largest absolute Gasteiger partial charge is 0.346 e. The number of fused-ring (bicyclic) bond motifs is 1. The number of rotatable bonds is 4. The van der Waals surface area contributed by atoms with Gasteiger partial charge in [-0.2, -0.15) is 0 Å². The Balaban J connectivity index is 1.62. The van der Waals surface area contributed by atoms with Gasteiger partial charge in [-0.3, -0.25) is 4.79 Å². The minimum Gasteiger partial charge on any atom is -0.346 e. The second-order valence-electron chi connectivity index (χ2n) is 6.10. The molecule has 5 heteroatoms. The summed E-state index contributed by atoms with van der Waals surface area (Å²) in [6, 6.07) is 17.7. The Hall–Kier alpha value is -2.53. The number of amides is 1. The molecule has 0 aliphatic carbocycles. The molecule has 1 aliphatic rings. The molecule has 0 spiro atoms. The third-order valence-corrected chi connectivity index (χ3v) is 5.32. The zero-order valence-electron chi connectivity index (χ0n) is 14.0. The van der Waals surface area contributed by atoms with Crippen LogP contribution < -0.4 is 5.32 Å². The Morgan fingerprint density at radius 1 is 1.16 bits per heavy atom. The molecule has 0 saturated carbocycles. The first-order chi connectivity index (χ1) is 12.2. The average Bonchev–Trinajstić information content (AvgIpc) is 3.23. The van der Waals surface area contributed by atoms with Crippen LogP contribution in [0.4, 0.5) is 0 Å². The Labute approximate surface area is 151 Å². The van der Waals surface area contributed by atoms with Gasteiger partial charge in [0.1, 0.15) is 0 Å². The summed E-state index contributed by atoms with van der Waals surface area (Å²) in [7, 11) is 0. The minimum absolute atomic E-state index is 0.0587. The molecule has 0 fully saturated rings. The number of thioether (sulfide) groups is 1. The van der Waals surface area contributed by atoms with Crippen LogP contribution in [-0.4, -0.2) is 21.2 Å². The van der Waals surface area contributed by atoms with E-state index in [0.717, 1.165) is 34.4 Å². The lowest BCUT2D eigenvalue weighted by molar-refractivity contribution is 0.0950. The fraction of sp³-hybridized carbons (Fsp3) is 0.200. The molecular formula is C20H19N3OS. The van der Waals surface area contributed by atoms with Crippen LogP contribution in [0.5, 0.6) is 0 Å². The van der Waals surface area contributed by atoms with E-state index in [1.165, 1.54) is 5.56 Å². The first kappa shape index (κ1) is 16.0. The molecule has 1 amide bonds. The molecule has 1 aromatic heterocycles. The van der Waals surface area contributed by atoms with E-state index in [2.05, 4.69) is 41.1 Å². The normalized spacial score (nSPS) is 12.8. The van der Waals surface area contributed by atoms with Crippen LogP contribution in [0.25, 0.3) is 11.3 Å². The topological polar surface area (TPSA) is 46.9 Å². The number of benzene rings is 2. The van der Waals surface area contributed by atoms with Gasteiger partial charge in [-0.1, -0.05) is 59.8 Å². The van der Waals surface area contributed by atoms with Crippen LogP contribution in [0.1, 0.15) is 21.6 Å². The SMILES string of the molecule is Cc1ccc(-c2nc3n(c2CNC(=O)c2ccccc2)CCS3)cc1. The molecule has 2 heterocycles. The Morgan fingerprint density at radius 3 is 2.68 bits per heavy atom. The highest BCUT2D eigenvalue weighted by Gasteiger charge is 2.23. The second kappa shape index (κ2) is 6.76. The number of carbonyl (C=O) groups excluding carboxylic acids is 1. The lowest BCUT2D eigenvalue weighted by atomic mass is 10.1. The van der Waals surface area contributed by atoms with E-state index in [4.69, 9.17) is 4.98 Å². The van der Waals surface area contributed by atoms with Crippen molar-refractivity contribution in [2.24, 2.45) is 0 Å². The lowest BCUT2D eigenvalue weighted by Gasteiger charge is -2.10. The van der Waals surface area contributed by atoms with Gasteiger partial charge in [0, 0.05) is 23.4 Å². The maximum atomic E-state index is 12.4. The molecule has 1 N–H and O–H groups in total. The summed E-state index contributed by atoms with van der Waals surface area (Å²) in [6.45, 7) is 3.49. The molecule has 0 atom stereocenters. The van der Waals surface area contributed by atoms with Gasteiger partial charge in [0.15, 0.2) is 5.16 Å². The van der Waals surface area contributed by atoms with E-state index in [9.17, 15) is 4.79 Å². The number of hydrogen-bond acceptors (Lipinski definition) is 3. The van der Waals surface area contributed by atoms with Crippen molar-refractivity contribution in [1.29, 1.82) is 0 Å². The van der Waals surface area contributed by atoms with E-state index in [1.807, 2.05) is 30.3 Å². The Bertz CT molecular complexity index is 901. The maximum Gasteiger partial charge on any atom is 0.251 e. The molecule has 126 valence electrons. The summed E-state index contributed by atoms with van der Waals surface area (Å²) in [6.07, 6.45) is 0. The van der Waals surface area contributed by atoms with Gasteiger partial charge >= 0.3 is 0 Å². The molecule has 4 nitrogen and oxygen atoms in total. The number of imidazole rings is 1. The molecule has 25 heavy (non-hydrogen) atoms. The summed E-state index contributed by atoms with van der Waals surface area (Å²) in [5.74, 6) is 0.979. The fourth-order valence-corrected chi connectivity index (χ4v) is 3.98. The van der Waals surface area contributed by atoms with Crippen LogP contribution in [0, 0.1) is 6.92 Å². The van der Waals surface area contributed by atoms with Crippen LogP contribution in [0.3, 0.4) is 0 Å².